The van der Waals surface area contributed by atoms with Crippen molar-refractivity contribution >= 4 is 23.0 Å². The number of piperazine rings is 1. The molecule has 134 valence electrons. The molecule has 0 N–H and O–H groups in total. The molecule has 3 aromatic rings. The second-order valence-corrected chi connectivity index (χ2v) is 6.71. The third-order valence-corrected chi connectivity index (χ3v) is 5.03. The van der Waals surface area contributed by atoms with Crippen molar-refractivity contribution in [1.29, 1.82) is 0 Å². The zero-order chi connectivity index (χ0) is 18.1. The van der Waals surface area contributed by atoms with E-state index in [-0.39, 0.29) is 0 Å². The van der Waals surface area contributed by atoms with Gasteiger partial charge in [-0.15, -0.1) is 0 Å². The van der Waals surface area contributed by atoms with Crippen LogP contribution in [0.5, 0.6) is 0 Å². The average Bonchev–Trinajstić information content (AvgIpc) is 3.06. The van der Waals surface area contributed by atoms with Crippen LogP contribution in [-0.2, 0) is 6.54 Å². The van der Waals surface area contributed by atoms with Gasteiger partial charge in [-0.1, -0.05) is 18.7 Å². The molecule has 0 bridgehead atoms. The number of fused-ring (bicyclic) bond motifs is 1. The van der Waals surface area contributed by atoms with Gasteiger partial charge in [0.2, 0.25) is 5.89 Å². The number of benzene rings is 1. The van der Waals surface area contributed by atoms with Gasteiger partial charge in [-0.3, -0.25) is 4.90 Å². The van der Waals surface area contributed by atoms with Crippen molar-refractivity contribution in [2.45, 2.75) is 20.4 Å². The van der Waals surface area contributed by atoms with E-state index in [0.29, 0.717) is 0 Å². The molecule has 0 aliphatic carbocycles. The van der Waals surface area contributed by atoms with Crippen LogP contribution in [-0.4, -0.2) is 46.0 Å². The van der Waals surface area contributed by atoms with E-state index in [4.69, 9.17) is 4.42 Å². The van der Waals surface area contributed by atoms with Gasteiger partial charge in [-0.2, -0.15) is 0 Å². The van der Waals surface area contributed by atoms with Crippen LogP contribution in [0.2, 0.25) is 0 Å². The van der Waals surface area contributed by atoms with Crippen LogP contribution < -0.4 is 4.90 Å². The Kier molecular flexibility index (Phi) is 4.42. The van der Waals surface area contributed by atoms with Crippen molar-refractivity contribution in [2.24, 2.45) is 0 Å². The second kappa shape index (κ2) is 6.88. The van der Waals surface area contributed by atoms with Crippen LogP contribution in [0.3, 0.4) is 0 Å². The molecule has 0 unspecified atom stereocenters. The molecule has 1 fully saturated rings. The monoisotopic (exact) mass is 349 g/mol. The number of hydrogen-bond donors (Lipinski definition) is 0. The molecule has 2 aromatic heterocycles. The lowest BCUT2D eigenvalue weighted by molar-refractivity contribution is 0.228. The summed E-state index contributed by atoms with van der Waals surface area (Å²) in [5, 5.41) is 0. The maximum atomic E-state index is 5.92. The topological polar surface area (TPSA) is 58.3 Å². The van der Waals surface area contributed by atoms with Gasteiger partial charge in [0, 0.05) is 37.4 Å². The summed E-state index contributed by atoms with van der Waals surface area (Å²) < 4.78 is 5.92. The van der Waals surface area contributed by atoms with Crippen LogP contribution in [0.1, 0.15) is 22.7 Å². The standard InChI is InChI=1S/C20H23N5O/c1-4-16-5-6-17-18(11-16)26-19(23-17)12-24-7-9-25(10-8-24)20-14(2)15(3)21-13-22-20/h4-6,11,13H,1,7-10,12H2,2-3H3. The summed E-state index contributed by atoms with van der Waals surface area (Å²) in [4.78, 5) is 18.1. The predicted molar refractivity (Wildman–Crippen MR) is 103 cm³/mol. The van der Waals surface area contributed by atoms with E-state index in [1.165, 1.54) is 0 Å². The number of rotatable bonds is 4. The fourth-order valence-corrected chi connectivity index (χ4v) is 3.34. The average molecular weight is 349 g/mol. The molecule has 6 nitrogen and oxygen atoms in total. The first-order chi connectivity index (χ1) is 12.6. The molecule has 0 radical (unpaired) electrons. The minimum absolute atomic E-state index is 0.730. The first-order valence-corrected chi connectivity index (χ1v) is 8.91. The molecule has 0 spiro atoms. The van der Waals surface area contributed by atoms with Crippen molar-refractivity contribution in [3.63, 3.8) is 0 Å². The molecule has 26 heavy (non-hydrogen) atoms. The summed E-state index contributed by atoms with van der Waals surface area (Å²) >= 11 is 0. The Morgan fingerprint density at radius 2 is 1.96 bits per heavy atom. The Labute approximate surface area is 153 Å². The minimum atomic E-state index is 0.730. The number of nitrogens with zero attached hydrogens (tertiary/aromatic N) is 5. The molecule has 1 aliphatic heterocycles. The normalized spacial score (nSPS) is 15.5. The van der Waals surface area contributed by atoms with E-state index < -0.39 is 0 Å². The van der Waals surface area contributed by atoms with Crippen LogP contribution in [0.4, 0.5) is 5.82 Å². The van der Waals surface area contributed by atoms with Crippen LogP contribution in [0, 0.1) is 13.8 Å². The largest absolute Gasteiger partial charge is 0.439 e. The fraction of sp³-hybridized carbons (Fsp3) is 0.350. The maximum absolute atomic E-state index is 5.92. The zero-order valence-corrected chi connectivity index (χ0v) is 15.3. The molecule has 0 atom stereocenters. The van der Waals surface area contributed by atoms with E-state index in [1.54, 1.807) is 6.33 Å². The van der Waals surface area contributed by atoms with Gasteiger partial charge < -0.3 is 9.32 Å². The van der Waals surface area contributed by atoms with Gasteiger partial charge in [0.15, 0.2) is 5.58 Å². The molecule has 6 heteroatoms. The maximum Gasteiger partial charge on any atom is 0.209 e. The molecule has 1 saturated heterocycles. The van der Waals surface area contributed by atoms with E-state index in [0.717, 1.165) is 72.4 Å². The fourth-order valence-electron chi connectivity index (χ4n) is 3.34. The Hall–Kier alpha value is -2.73. The molecule has 3 heterocycles. The molecule has 4 rings (SSSR count). The molecule has 0 saturated carbocycles. The summed E-state index contributed by atoms with van der Waals surface area (Å²) in [6.07, 6.45) is 3.47. The lowest BCUT2D eigenvalue weighted by atomic mass is 10.2. The van der Waals surface area contributed by atoms with E-state index in [1.807, 2.05) is 31.2 Å². The summed E-state index contributed by atoms with van der Waals surface area (Å²) in [5.41, 5.74) is 4.98. The van der Waals surface area contributed by atoms with Crippen molar-refractivity contribution in [2.75, 3.05) is 31.1 Å². The number of hydrogen-bond acceptors (Lipinski definition) is 6. The number of anilines is 1. The second-order valence-electron chi connectivity index (χ2n) is 6.71. The molecule has 0 amide bonds. The molecular weight excluding hydrogens is 326 g/mol. The van der Waals surface area contributed by atoms with Gasteiger partial charge in [0.1, 0.15) is 17.7 Å². The first kappa shape index (κ1) is 16.7. The predicted octanol–water partition coefficient (Wildman–Crippen LogP) is 3.20. The van der Waals surface area contributed by atoms with Gasteiger partial charge in [0.25, 0.3) is 0 Å². The van der Waals surface area contributed by atoms with Crippen molar-refractivity contribution in [1.82, 2.24) is 19.9 Å². The van der Waals surface area contributed by atoms with Crippen molar-refractivity contribution in [3.05, 3.63) is 53.8 Å². The lowest BCUT2D eigenvalue weighted by Crippen LogP contribution is -2.46. The molecule has 1 aliphatic rings. The van der Waals surface area contributed by atoms with E-state index in [9.17, 15) is 0 Å². The van der Waals surface area contributed by atoms with E-state index >= 15 is 0 Å². The van der Waals surface area contributed by atoms with Crippen LogP contribution in [0.25, 0.3) is 17.2 Å². The Balaban J connectivity index is 1.42. The van der Waals surface area contributed by atoms with Gasteiger partial charge in [-0.25, -0.2) is 15.0 Å². The SMILES string of the molecule is C=Cc1ccc2nc(CN3CCN(c4ncnc(C)c4C)CC3)oc2c1. The van der Waals surface area contributed by atoms with Gasteiger partial charge in [-0.05, 0) is 31.5 Å². The first-order valence-electron chi connectivity index (χ1n) is 8.91. The smallest absolute Gasteiger partial charge is 0.209 e. The highest BCUT2D eigenvalue weighted by Crippen LogP contribution is 2.22. The summed E-state index contributed by atoms with van der Waals surface area (Å²) in [7, 11) is 0. The van der Waals surface area contributed by atoms with Crippen molar-refractivity contribution < 1.29 is 4.42 Å². The number of aryl methyl sites for hydroxylation is 1. The zero-order valence-electron chi connectivity index (χ0n) is 15.3. The number of aromatic nitrogens is 3. The Morgan fingerprint density at radius 3 is 2.73 bits per heavy atom. The van der Waals surface area contributed by atoms with Crippen molar-refractivity contribution in [3.8, 4) is 0 Å². The Bertz CT molecular complexity index is 941. The minimum Gasteiger partial charge on any atom is -0.439 e. The molecule has 1 aromatic carbocycles. The van der Waals surface area contributed by atoms with Gasteiger partial charge in [0.05, 0.1) is 6.54 Å². The van der Waals surface area contributed by atoms with Gasteiger partial charge >= 0.3 is 0 Å². The summed E-state index contributed by atoms with van der Waals surface area (Å²) in [6.45, 7) is 12.4. The van der Waals surface area contributed by atoms with E-state index in [2.05, 4.69) is 38.3 Å². The summed E-state index contributed by atoms with van der Waals surface area (Å²) in [5.74, 6) is 1.82. The third-order valence-electron chi connectivity index (χ3n) is 5.03. The highest BCUT2D eigenvalue weighted by molar-refractivity contribution is 5.75. The third kappa shape index (κ3) is 3.20. The number of oxazole rings is 1. The lowest BCUT2D eigenvalue weighted by Gasteiger charge is -2.35. The van der Waals surface area contributed by atoms with Crippen LogP contribution in [0.15, 0.2) is 35.5 Å². The highest BCUT2D eigenvalue weighted by atomic mass is 16.3. The Morgan fingerprint density at radius 1 is 1.15 bits per heavy atom. The quantitative estimate of drug-likeness (QED) is 0.721. The van der Waals surface area contributed by atoms with Crippen LogP contribution >= 0.6 is 0 Å². The molecular formula is C20H23N5O. The highest BCUT2D eigenvalue weighted by Gasteiger charge is 2.21. The summed E-state index contributed by atoms with van der Waals surface area (Å²) in [6, 6.07) is 5.97.